The maximum Gasteiger partial charge on any atom is 0.407 e. The Kier molecular flexibility index (Phi) is 4.62. The summed E-state index contributed by atoms with van der Waals surface area (Å²) in [6, 6.07) is 5.65. The highest BCUT2D eigenvalue weighted by atomic mass is 16.6. The van der Waals surface area contributed by atoms with Crippen molar-refractivity contribution in [2.24, 2.45) is 0 Å². The fourth-order valence-electron chi connectivity index (χ4n) is 3.68. The Morgan fingerprint density at radius 1 is 1.28 bits per heavy atom. The topological polar surface area (TPSA) is 85.7 Å². The molecule has 1 saturated carbocycles. The van der Waals surface area contributed by atoms with Crippen molar-refractivity contribution >= 4 is 11.9 Å². The van der Waals surface area contributed by atoms with E-state index in [1.54, 1.807) is 12.1 Å². The molecule has 1 aromatic carbocycles. The van der Waals surface area contributed by atoms with Crippen LogP contribution in [0.3, 0.4) is 0 Å². The molecule has 25 heavy (non-hydrogen) atoms. The molecule has 1 fully saturated rings. The first kappa shape index (κ1) is 17.6. The molecule has 1 aliphatic heterocycles. The van der Waals surface area contributed by atoms with Gasteiger partial charge in [-0.2, -0.15) is 0 Å². The smallest absolute Gasteiger partial charge is 0.407 e. The zero-order valence-electron chi connectivity index (χ0n) is 15.1. The lowest BCUT2D eigenvalue weighted by Gasteiger charge is -2.36. The molecule has 136 valence electrons. The fourth-order valence-corrected chi connectivity index (χ4v) is 3.68. The van der Waals surface area contributed by atoms with Crippen molar-refractivity contribution < 1.29 is 14.6 Å². The van der Waals surface area contributed by atoms with E-state index in [0.717, 1.165) is 36.8 Å². The van der Waals surface area contributed by atoms with Gasteiger partial charge in [0.25, 0.3) is 0 Å². The third-order valence-corrected chi connectivity index (χ3v) is 4.83. The lowest BCUT2D eigenvalue weighted by atomic mass is 9.90. The number of ether oxygens (including phenoxy) is 1. The second-order valence-electron chi connectivity index (χ2n) is 7.97. The van der Waals surface area contributed by atoms with Crippen molar-refractivity contribution in [3.8, 4) is 5.75 Å². The standard InChI is InChI=1S/C19H27N3O3/c1-19(2,3)25-18(24)21-13-4-6-14(7-5-13)22-11-12-10-15(23)8-9-16(12)17(22)20/h8-10,13-14,20,23H,4-7,11H2,1-3H3,(H,21,24). The minimum absolute atomic E-state index is 0.134. The average molecular weight is 345 g/mol. The molecule has 0 radical (unpaired) electrons. The normalized spacial score (nSPS) is 23.3. The molecule has 3 rings (SSSR count). The number of benzene rings is 1. The van der Waals surface area contributed by atoms with E-state index >= 15 is 0 Å². The summed E-state index contributed by atoms with van der Waals surface area (Å²) < 4.78 is 5.32. The molecule has 1 heterocycles. The molecule has 0 unspecified atom stereocenters. The van der Waals surface area contributed by atoms with Crippen molar-refractivity contribution in [2.45, 2.75) is 70.7 Å². The maximum absolute atomic E-state index is 11.9. The summed E-state index contributed by atoms with van der Waals surface area (Å²) >= 11 is 0. The highest BCUT2D eigenvalue weighted by Gasteiger charge is 2.33. The van der Waals surface area contributed by atoms with Crippen LogP contribution < -0.4 is 5.32 Å². The second kappa shape index (κ2) is 6.58. The second-order valence-corrected chi connectivity index (χ2v) is 7.97. The van der Waals surface area contributed by atoms with E-state index in [1.807, 2.05) is 26.8 Å². The average Bonchev–Trinajstić information content (AvgIpc) is 2.82. The van der Waals surface area contributed by atoms with Crippen LogP contribution in [0.1, 0.15) is 57.6 Å². The van der Waals surface area contributed by atoms with Crippen LogP contribution in [-0.2, 0) is 11.3 Å². The Labute approximate surface area is 148 Å². The summed E-state index contributed by atoms with van der Waals surface area (Å²) in [5.41, 5.74) is 1.44. The Balaban J connectivity index is 1.53. The number of carbonyl (C=O) groups excluding carboxylic acids is 1. The van der Waals surface area contributed by atoms with Crippen LogP contribution in [0.15, 0.2) is 18.2 Å². The van der Waals surface area contributed by atoms with Crippen molar-refractivity contribution in [3.05, 3.63) is 29.3 Å². The third kappa shape index (κ3) is 4.06. The molecule has 0 aromatic heterocycles. The minimum Gasteiger partial charge on any atom is -0.508 e. The van der Waals surface area contributed by atoms with E-state index in [9.17, 15) is 9.90 Å². The first-order chi connectivity index (χ1) is 11.7. The zero-order valence-corrected chi connectivity index (χ0v) is 15.1. The summed E-state index contributed by atoms with van der Waals surface area (Å²) in [5.74, 6) is 0.789. The van der Waals surface area contributed by atoms with Gasteiger partial charge < -0.3 is 20.1 Å². The van der Waals surface area contributed by atoms with Crippen molar-refractivity contribution in [3.63, 3.8) is 0 Å². The number of alkyl carbamates (subject to hydrolysis) is 1. The molecule has 6 nitrogen and oxygen atoms in total. The quantitative estimate of drug-likeness (QED) is 0.767. The van der Waals surface area contributed by atoms with E-state index in [0.29, 0.717) is 18.4 Å². The largest absolute Gasteiger partial charge is 0.508 e. The van der Waals surface area contributed by atoms with E-state index in [1.165, 1.54) is 0 Å². The van der Waals surface area contributed by atoms with Gasteiger partial charge in [0.2, 0.25) is 0 Å². The van der Waals surface area contributed by atoms with E-state index in [4.69, 9.17) is 10.1 Å². The van der Waals surface area contributed by atoms with Crippen molar-refractivity contribution in [1.82, 2.24) is 10.2 Å². The zero-order chi connectivity index (χ0) is 18.2. The van der Waals surface area contributed by atoms with Crippen LogP contribution in [0, 0.1) is 5.41 Å². The predicted octanol–water partition coefficient (Wildman–Crippen LogP) is 3.37. The lowest BCUT2D eigenvalue weighted by Crippen LogP contribution is -2.45. The van der Waals surface area contributed by atoms with Crippen LogP contribution in [-0.4, -0.2) is 39.6 Å². The van der Waals surface area contributed by atoms with Gasteiger partial charge in [0.05, 0.1) is 0 Å². The first-order valence-corrected chi connectivity index (χ1v) is 8.90. The van der Waals surface area contributed by atoms with Gasteiger partial charge in [-0.25, -0.2) is 4.79 Å². The minimum atomic E-state index is -0.483. The summed E-state index contributed by atoms with van der Waals surface area (Å²) in [7, 11) is 0. The predicted molar refractivity (Wildman–Crippen MR) is 95.9 cm³/mol. The molecular formula is C19H27N3O3. The monoisotopic (exact) mass is 345 g/mol. The molecular weight excluding hydrogens is 318 g/mol. The number of phenolic OH excluding ortho intramolecular Hbond substituents is 1. The third-order valence-electron chi connectivity index (χ3n) is 4.83. The van der Waals surface area contributed by atoms with E-state index < -0.39 is 5.60 Å². The van der Waals surface area contributed by atoms with Gasteiger partial charge >= 0.3 is 6.09 Å². The Bertz CT molecular complexity index is 673. The number of fused-ring (bicyclic) bond motifs is 1. The fraction of sp³-hybridized carbons (Fsp3) is 0.579. The van der Waals surface area contributed by atoms with Crippen molar-refractivity contribution in [2.75, 3.05) is 0 Å². The van der Waals surface area contributed by atoms with E-state index in [-0.39, 0.29) is 17.9 Å². The van der Waals surface area contributed by atoms with E-state index in [2.05, 4.69) is 10.2 Å². The highest BCUT2D eigenvalue weighted by molar-refractivity contribution is 6.00. The first-order valence-electron chi connectivity index (χ1n) is 8.90. The SMILES string of the molecule is CC(C)(C)OC(=O)NC1CCC(N2Cc3cc(O)ccc3C2=N)CC1. The Morgan fingerprint density at radius 3 is 2.60 bits per heavy atom. The molecule has 6 heteroatoms. The maximum atomic E-state index is 11.9. The molecule has 1 aromatic rings. The summed E-state index contributed by atoms with van der Waals surface area (Å²) in [4.78, 5) is 14.0. The van der Waals surface area contributed by atoms with Gasteiger partial charge in [-0.15, -0.1) is 0 Å². The van der Waals surface area contributed by atoms with Gasteiger partial charge in [0.1, 0.15) is 17.2 Å². The summed E-state index contributed by atoms with van der Waals surface area (Å²) in [6.07, 6.45) is 3.28. The molecule has 3 N–H and O–H groups in total. The van der Waals surface area contributed by atoms with Crippen LogP contribution in [0.4, 0.5) is 4.79 Å². The number of rotatable bonds is 2. The number of amides is 1. The summed E-state index contributed by atoms with van der Waals surface area (Å²) in [6.45, 7) is 6.26. The number of amidine groups is 1. The Morgan fingerprint density at radius 2 is 1.96 bits per heavy atom. The van der Waals surface area contributed by atoms with Gasteiger partial charge in [-0.3, -0.25) is 5.41 Å². The summed E-state index contributed by atoms with van der Waals surface area (Å²) in [5, 5.41) is 21.0. The number of hydrogen-bond donors (Lipinski definition) is 3. The molecule has 2 aliphatic rings. The number of carbonyl (C=O) groups is 1. The molecule has 1 aliphatic carbocycles. The van der Waals surface area contributed by atoms with Crippen LogP contribution in [0.25, 0.3) is 0 Å². The van der Waals surface area contributed by atoms with Crippen molar-refractivity contribution in [1.29, 1.82) is 5.41 Å². The molecule has 1 amide bonds. The van der Waals surface area contributed by atoms with Gasteiger partial charge in [0, 0.05) is 24.2 Å². The van der Waals surface area contributed by atoms with Crippen LogP contribution in [0.2, 0.25) is 0 Å². The molecule has 0 saturated heterocycles. The van der Waals surface area contributed by atoms with Gasteiger partial charge in [-0.1, -0.05) is 0 Å². The number of nitrogens with one attached hydrogen (secondary N) is 2. The van der Waals surface area contributed by atoms with Crippen LogP contribution >= 0.6 is 0 Å². The number of nitrogens with zero attached hydrogens (tertiary/aromatic N) is 1. The van der Waals surface area contributed by atoms with Gasteiger partial charge in [0.15, 0.2) is 0 Å². The number of phenols is 1. The van der Waals surface area contributed by atoms with Gasteiger partial charge in [-0.05, 0) is 70.2 Å². The number of hydrogen-bond acceptors (Lipinski definition) is 4. The Hall–Kier alpha value is -2.24. The molecule has 0 spiro atoms. The number of aromatic hydroxyl groups is 1. The highest BCUT2D eigenvalue weighted by Crippen LogP contribution is 2.32. The lowest BCUT2D eigenvalue weighted by molar-refractivity contribution is 0.0484. The molecule has 0 bridgehead atoms. The van der Waals surface area contributed by atoms with Crippen LogP contribution in [0.5, 0.6) is 5.75 Å². The molecule has 0 atom stereocenters.